The van der Waals surface area contributed by atoms with Crippen LogP contribution in [0.2, 0.25) is 5.15 Å². The summed E-state index contributed by atoms with van der Waals surface area (Å²) < 4.78 is 32.2. The summed E-state index contributed by atoms with van der Waals surface area (Å²) in [5.74, 6) is 0.402. The second kappa shape index (κ2) is 19.0. The molecule has 1 saturated heterocycles. The summed E-state index contributed by atoms with van der Waals surface area (Å²) in [5, 5.41) is 18.8. The van der Waals surface area contributed by atoms with Crippen LogP contribution >= 0.6 is 11.6 Å². The third kappa shape index (κ3) is 10.2. The Morgan fingerprint density at radius 2 is 1.48 bits per heavy atom. The highest BCUT2D eigenvalue weighted by Gasteiger charge is 2.55. The number of ether oxygens (including phenoxy) is 5. The summed E-state index contributed by atoms with van der Waals surface area (Å²) in [7, 11) is 1.73. The van der Waals surface area contributed by atoms with Crippen LogP contribution in [0.3, 0.4) is 0 Å². The Morgan fingerprint density at radius 3 is 2.08 bits per heavy atom. The number of aromatic nitrogens is 2. The largest absolute Gasteiger partial charge is 0.383 e. The van der Waals surface area contributed by atoms with E-state index < -0.39 is 36.2 Å². The molecule has 11 heteroatoms. The average Bonchev–Trinajstić information content (AvgIpc) is 3.00. The molecular formula is C29H53ClN4O6. The van der Waals surface area contributed by atoms with E-state index in [4.69, 9.17) is 35.3 Å². The Labute approximate surface area is 246 Å². The zero-order valence-corrected chi connectivity index (χ0v) is 26.2. The van der Waals surface area contributed by atoms with Crippen LogP contribution in [-0.4, -0.2) is 91.4 Å². The predicted octanol–water partition coefficient (Wildman–Crippen LogP) is 5.43. The third-order valence-corrected chi connectivity index (χ3v) is 7.35. The number of hydrogen-bond acceptors (Lipinski definition) is 10. The molecule has 3 N–H and O–H groups in total. The van der Waals surface area contributed by atoms with Gasteiger partial charge < -0.3 is 39.4 Å². The van der Waals surface area contributed by atoms with Crippen LogP contribution in [0.4, 0.5) is 11.5 Å². The summed E-state index contributed by atoms with van der Waals surface area (Å²) in [6.07, 6.45) is 5.55. The van der Waals surface area contributed by atoms with Gasteiger partial charge in [0, 0.05) is 33.5 Å². The molecule has 0 radical (unpaired) electrons. The average molecular weight is 589 g/mol. The van der Waals surface area contributed by atoms with E-state index in [1.165, 1.54) is 6.33 Å². The quantitative estimate of drug-likeness (QED) is 0.134. The number of nitrogens with one attached hydrogen (secondary N) is 2. The van der Waals surface area contributed by atoms with Crippen LogP contribution in [0.5, 0.6) is 0 Å². The maximum absolute atomic E-state index is 12.2. The van der Waals surface area contributed by atoms with Gasteiger partial charge in [-0.2, -0.15) is 0 Å². The Bertz CT molecular complexity index is 821. The minimum absolute atomic E-state index is 0.255. The van der Waals surface area contributed by atoms with E-state index in [9.17, 15) is 5.11 Å². The van der Waals surface area contributed by atoms with E-state index in [2.05, 4.69) is 48.3 Å². The monoisotopic (exact) mass is 588 g/mol. The highest BCUT2D eigenvalue weighted by molar-refractivity contribution is 6.32. The van der Waals surface area contributed by atoms with Crippen LogP contribution in [-0.2, 0) is 23.7 Å². The highest BCUT2D eigenvalue weighted by Crippen LogP contribution is 2.36. The minimum atomic E-state index is -1.54. The minimum Gasteiger partial charge on any atom is -0.383 e. The molecule has 1 aliphatic rings. The van der Waals surface area contributed by atoms with Crippen molar-refractivity contribution in [3.05, 3.63) is 11.5 Å². The van der Waals surface area contributed by atoms with E-state index in [0.717, 1.165) is 51.4 Å². The van der Waals surface area contributed by atoms with E-state index in [0.29, 0.717) is 37.9 Å². The molecule has 0 aromatic carbocycles. The van der Waals surface area contributed by atoms with Gasteiger partial charge in [-0.1, -0.05) is 65.0 Å². The zero-order valence-electron chi connectivity index (χ0n) is 25.4. The lowest BCUT2D eigenvalue weighted by Crippen LogP contribution is -2.59. The Hall–Kier alpha value is -1.27. The molecule has 0 unspecified atom stereocenters. The molecule has 1 aromatic heterocycles. The predicted molar refractivity (Wildman–Crippen MR) is 159 cm³/mol. The van der Waals surface area contributed by atoms with Crippen molar-refractivity contribution in [3.8, 4) is 0 Å². The Balaban J connectivity index is 2.55. The Morgan fingerprint density at radius 1 is 0.900 bits per heavy atom. The van der Waals surface area contributed by atoms with Crippen molar-refractivity contribution in [1.82, 2.24) is 9.97 Å². The number of hydrogen-bond donors (Lipinski definition) is 3. The van der Waals surface area contributed by atoms with Crippen molar-refractivity contribution in [3.63, 3.8) is 0 Å². The number of anilines is 2. The van der Waals surface area contributed by atoms with Gasteiger partial charge in [0.25, 0.3) is 0 Å². The molecule has 2 rings (SSSR count). The van der Waals surface area contributed by atoms with Crippen molar-refractivity contribution in [2.75, 3.05) is 50.7 Å². The van der Waals surface area contributed by atoms with Crippen LogP contribution in [0.25, 0.3) is 0 Å². The number of aliphatic hydroxyl groups is 1. The molecule has 0 aliphatic carbocycles. The highest BCUT2D eigenvalue weighted by atomic mass is 35.5. The van der Waals surface area contributed by atoms with Gasteiger partial charge in [0.15, 0.2) is 17.2 Å². The molecule has 6 atom stereocenters. The molecule has 0 spiro atoms. The van der Waals surface area contributed by atoms with Crippen molar-refractivity contribution < 1.29 is 28.8 Å². The van der Waals surface area contributed by atoms with Gasteiger partial charge in [-0.15, -0.1) is 0 Å². The number of nitrogens with zero attached hydrogens (tertiary/aromatic N) is 2. The zero-order chi connectivity index (χ0) is 29.4. The van der Waals surface area contributed by atoms with Crippen LogP contribution in [0.15, 0.2) is 6.33 Å². The molecular weight excluding hydrogens is 536 g/mol. The molecule has 0 amide bonds. The standard InChI is InChI=1S/C29H53ClN4O6/c1-7-11-15-36-19-21-23(37-16-12-8-2)24(38-17-13-9-3)25(39-18-14-10-4)29(5,35)28(40-21)34-27-22(31-6)26(30)32-20-33-27/h20-21,23-25,28,31,35H,7-19H2,1-6H3,(H,32,33,34)/t21-,23-,24+,25-,28-,29+/m1/s1. The van der Waals surface area contributed by atoms with E-state index in [-0.39, 0.29) is 11.8 Å². The molecule has 1 fully saturated rings. The number of halogens is 1. The molecule has 232 valence electrons. The molecule has 10 nitrogen and oxygen atoms in total. The SMILES string of the molecule is CCCCOC[C@H]1O[C@@H](Nc2ncnc(Cl)c2NC)[C@@](C)(O)[C@H](OCCCC)[C@@H](OCCCC)[C@@H]1OCCCC. The van der Waals surface area contributed by atoms with Gasteiger partial charge in [0.2, 0.25) is 0 Å². The summed E-state index contributed by atoms with van der Waals surface area (Å²) in [5.41, 5.74) is -1.05. The topological polar surface area (TPSA) is 116 Å². The van der Waals surface area contributed by atoms with Gasteiger partial charge >= 0.3 is 0 Å². The summed E-state index contributed by atoms with van der Waals surface area (Å²) >= 11 is 6.34. The van der Waals surface area contributed by atoms with E-state index in [1.54, 1.807) is 14.0 Å². The van der Waals surface area contributed by atoms with Crippen molar-refractivity contribution in [2.24, 2.45) is 0 Å². The second-order valence-electron chi connectivity index (χ2n) is 10.5. The van der Waals surface area contributed by atoms with Crippen molar-refractivity contribution in [2.45, 2.75) is 122 Å². The first-order chi connectivity index (χ1) is 19.3. The smallest absolute Gasteiger partial charge is 0.160 e. The van der Waals surface area contributed by atoms with Crippen molar-refractivity contribution >= 4 is 23.1 Å². The normalized spacial score (nSPS) is 26.9. The third-order valence-electron chi connectivity index (χ3n) is 7.06. The summed E-state index contributed by atoms with van der Waals surface area (Å²) in [6.45, 7) is 12.6. The van der Waals surface area contributed by atoms with Gasteiger partial charge in [0.05, 0.1) is 6.61 Å². The molecule has 1 aromatic rings. The molecule has 1 aliphatic heterocycles. The van der Waals surface area contributed by atoms with E-state index in [1.807, 2.05) is 0 Å². The lowest BCUT2D eigenvalue weighted by Gasteiger charge is -2.40. The van der Waals surface area contributed by atoms with Crippen LogP contribution in [0.1, 0.15) is 86.0 Å². The van der Waals surface area contributed by atoms with E-state index >= 15 is 0 Å². The molecule has 2 heterocycles. The number of rotatable bonds is 20. The van der Waals surface area contributed by atoms with Crippen LogP contribution < -0.4 is 10.6 Å². The van der Waals surface area contributed by atoms with Crippen LogP contribution in [0, 0.1) is 0 Å². The second-order valence-corrected chi connectivity index (χ2v) is 10.9. The molecule has 0 bridgehead atoms. The van der Waals surface area contributed by atoms with Gasteiger partial charge in [-0.3, -0.25) is 0 Å². The lowest BCUT2D eigenvalue weighted by molar-refractivity contribution is -0.194. The fourth-order valence-corrected chi connectivity index (χ4v) is 4.79. The van der Waals surface area contributed by atoms with Crippen molar-refractivity contribution in [1.29, 1.82) is 0 Å². The Kier molecular flexibility index (Phi) is 16.6. The number of unbranched alkanes of at least 4 members (excludes halogenated alkanes) is 4. The first kappa shape index (κ1) is 34.9. The maximum atomic E-state index is 12.2. The summed E-state index contributed by atoms with van der Waals surface area (Å²) in [6, 6.07) is 0. The summed E-state index contributed by atoms with van der Waals surface area (Å²) in [4.78, 5) is 8.45. The maximum Gasteiger partial charge on any atom is 0.160 e. The first-order valence-electron chi connectivity index (χ1n) is 15.1. The molecule has 0 saturated carbocycles. The first-order valence-corrected chi connectivity index (χ1v) is 15.5. The van der Waals surface area contributed by atoms with Gasteiger partial charge in [-0.25, -0.2) is 9.97 Å². The molecule has 40 heavy (non-hydrogen) atoms. The lowest BCUT2D eigenvalue weighted by atomic mass is 9.89. The fraction of sp³-hybridized carbons (Fsp3) is 0.862. The fourth-order valence-electron chi connectivity index (χ4n) is 4.57. The van der Waals surface area contributed by atoms with Gasteiger partial charge in [0.1, 0.15) is 42.0 Å². The van der Waals surface area contributed by atoms with Gasteiger partial charge in [-0.05, 0) is 32.6 Å².